The minimum atomic E-state index is 0.536. The van der Waals surface area contributed by atoms with Crippen molar-refractivity contribution in [2.24, 2.45) is 0 Å². The SMILES string of the molecule is Brc1cnc(NC2CCCCC2)cc1-c1cc2cnccc2cn1. The summed E-state index contributed by atoms with van der Waals surface area (Å²) in [6.07, 6.45) is 13.8. The van der Waals surface area contributed by atoms with Crippen molar-refractivity contribution in [3.63, 3.8) is 0 Å². The Morgan fingerprint density at radius 2 is 1.83 bits per heavy atom. The zero-order valence-electron chi connectivity index (χ0n) is 13.4. The van der Waals surface area contributed by atoms with Crippen molar-refractivity contribution < 1.29 is 0 Å². The number of nitrogens with one attached hydrogen (secondary N) is 1. The highest BCUT2D eigenvalue weighted by atomic mass is 79.9. The second kappa shape index (κ2) is 6.85. The number of rotatable bonds is 3. The number of halogens is 1. The van der Waals surface area contributed by atoms with E-state index in [1.807, 2.05) is 24.7 Å². The Morgan fingerprint density at radius 3 is 2.71 bits per heavy atom. The lowest BCUT2D eigenvalue weighted by molar-refractivity contribution is 0.462. The van der Waals surface area contributed by atoms with Crippen LogP contribution in [0.2, 0.25) is 0 Å². The van der Waals surface area contributed by atoms with E-state index < -0.39 is 0 Å². The molecule has 3 heterocycles. The Labute approximate surface area is 149 Å². The van der Waals surface area contributed by atoms with Gasteiger partial charge in [-0.3, -0.25) is 9.97 Å². The van der Waals surface area contributed by atoms with E-state index in [4.69, 9.17) is 0 Å². The fourth-order valence-corrected chi connectivity index (χ4v) is 3.72. The van der Waals surface area contributed by atoms with Crippen LogP contribution in [0.1, 0.15) is 32.1 Å². The molecule has 0 spiro atoms. The summed E-state index contributed by atoms with van der Waals surface area (Å²) in [4.78, 5) is 13.3. The van der Waals surface area contributed by atoms with Gasteiger partial charge < -0.3 is 5.32 Å². The fraction of sp³-hybridized carbons (Fsp3) is 0.316. The minimum absolute atomic E-state index is 0.536. The summed E-state index contributed by atoms with van der Waals surface area (Å²) >= 11 is 3.61. The summed E-state index contributed by atoms with van der Waals surface area (Å²) in [7, 11) is 0. The Bertz CT molecular complexity index is 859. The molecule has 0 saturated heterocycles. The third-order valence-corrected chi connectivity index (χ3v) is 5.24. The number of nitrogens with zero attached hydrogens (tertiary/aromatic N) is 3. The summed E-state index contributed by atoms with van der Waals surface area (Å²) in [6, 6.07) is 6.67. The third kappa shape index (κ3) is 3.26. The zero-order chi connectivity index (χ0) is 16.4. The predicted octanol–water partition coefficient (Wildman–Crippen LogP) is 5.20. The van der Waals surface area contributed by atoms with Gasteiger partial charge in [-0.05, 0) is 47.0 Å². The van der Waals surface area contributed by atoms with E-state index >= 15 is 0 Å². The first-order chi connectivity index (χ1) is 11.8. The Morgan fingerprint density at radius 1 is 0.958 bits per heavy atom. The zero-order valence-corrected chi connectivity index (χ0v) is 15.0. The predicted molar refractivity (Wildman–Crippen MR) is 101 cm³/mol. The van der Waals surface area contributed by atoms with E-state index in [-0.39, 0.29) is 0 Å². The highest BCUT2D eigenvalue weighted by molar-refractivity contribution is 9.10. The van der Waals surface area contributed by atoms with Gasteiger partial charge in [0.25, 0.3) is 0 Å². The molecule has 5 heteroatoms. The van der Waals surface area contributed by atoms with Crippen molar-refractivity contribution in [1.82, 2.24) is 15.0 Å². The molecule has 0 bridgehead atoms. The molecule has 4 rings (SSSR count). The van der Waals surface area contributed by atoms with Crippen LogP contribution in [-0.4, -0.2) is 21.0 Å². The molecule has 3 aromatic rings. The molecule has 0 aromatic carbocycles. The lowest BCUT2D eigenvalue weighted by Crippen LogP contribution is -2.22. The van der Waals surface area contributed by atoms with Crippen LogP contribution in [0.5, 0.6) is 0 Å². The van der Waals surface area contributed by atoms with Crippen molar-refractivity contribution in [1.29, 1.82) is 0 Å². The normalized spacial score (nSPS) is 15.5. The molecule has 1 aliphatic rings. The Kier molecular flexibility index (Phi) is 4.43. The largest absolute Gasteiger partial charge is 0.367 e. The van der Waals surface area contributed by atoms with Gasteiger partial charge in [0.1, 0.15) is 5.82 Å². The standard InChI is InChI=1S/C19H19BrN4/c20-17-12-23-19(24-15-4-2-1-3-5-15)9-16(17)18-8-14-10-21-7-6-13(14)11-22-18/h6-12,15H,1-5H2,(H,23,24). The Balaban J connectivity index is 1.66. The first kappa shape index (κ1) is 15.5. The van der Waals surface area contributed by atoms with Gasteiger partial charge in [0, 0.05) is 51.6 Å². The molecular weight excluding hydrogens is 364 g/mol. The van der Waals surface area contributed by atoms with Crippen molar-refractivity contribution in [2.45, 2.75) is 38.1 Å². The quantitative estimate of drug-likeness (QED) is 0.676. The van der Waals surface area contributed by atoms with E-state index in [1.54, 1.807) is 6.20 Å². The average Bonchev–Trinajstić information content (AvgIpc) is 2.64. The van der Waals surface area contributed by atoms with Gasteiger partial charge in [-0.2, -0.15) is 0 Å². The van der Waals surface area contributed by atoms with E-state index in [0.717, 1.165) is 32.3 Å². The molecule has 4 nitrogen and oxygen atoms in total. The second-order valence-corrected chi connectivity index (χ2v) is 7.18. The third-order valence-electron chi connectivity index (χ3n) is 4.61. The molecule has 0 atom stereocenters. The van der Waals surface area contributed by atoms with Crippen LogP contribution in [0.3, 0.4) is 0 Å². The summed E-state index contributed by atoms with van der Waals surface area (Å²) < 4.78 is 0.951. The molecule has 1 saturated carbocycles. The van der Waals surface area contributed by atoms with Crippen LogP contribution >= 0.6 is 15.9 Å². The lowest BCUT2D eigenvalue weighted by Gasteiger charge is -2.23. The summed E-state index contributed by atoms with van der Waals surface area (Å²) in [5.41, 5.74) is 1.98. The lowest BCUT2D eigenvalue weighted by atomic mass is 9.95. The van der Waals surface area contributed by atoms with Gasteiger partial charge >= 0.3 is 0 Å². The highest BCUT2D eigenvalue weighted by Crippen LogP contribution is 2.31. The average molecular weight is 383 g/mol. The van der Waals surface area contributed by atoms with E-state index in [0.29, 0.717) is 6.04 Å². The van der Waals surface area contributed by atoms with Gasteiger partial charge in [-0.1, -0.05) is 19.3 Å². The molecule has 0 radical (unpaired) electrons. The van der Waals surface area contributed by atoms with Gasteiger partial charge in [-0.15, -0.1) is 0 Å². The highest BCUT2D eigenvalue weighted by Gasteiger charge is 2.15. The molecule has 0 amide bonds. The first-order valence-corrected chi connectivity index (χ1v) is 9.21. The molecular formula is C19H19BrN4. The minimum Gasteiger partial charge on any atom is -0.367 e. The summed E-state index contributed by atoms with van der Waals surface area (Å²) in [5.74, 6) is 0.924. The van der Waals surface area contributed by atoms with E-state index in [2.05, 4.69) is 48.3 Å². The van der Waals surface area contributed by atoms with Crippen molar-refractivity contribution >= 4 is 32.5 Å². The number of hydrogen-bond donors (Lipinski definition) is 1. The maximum absolute atomic E-state index is 4.61. The van der Waals surface area contributed by atoms with E-state index in [1.165, 1.54) is 32.1 Å². The van der Waals surface area contributed by atoms with Gasteiger partial charge in [0.2, 0.25) is 0 Å². The van der Waals surface area contributed by atoms with Gasteiger partial charge in [0.15, 0.2) is 0 Å². The summed E-state index contributed by atoms with van der Waals surface area (Å²) in [6.45, 7) is 0. The molecule has 24 heavy (non-hydrogen) atoms. The number of aromatic nitrogens is 3. The molecule has 1 N–H and O–H groups in total. The van der Waals surface area contributed by atoms with Crippen molar-refractivity contribution in [3.8, 4) is 11.3 Å². The molecule has 1 aliphatic carbocycles. The second-order valence-electron chi connectivity index (χ2n) is 6.32. The molecule has 3 aromatic heterocycles. The smallest absolute Gasteiger partial charge is 0.126 e. The van der Waals surface area contributed by atoms with Gasteiger partial charge in [-0.25, -0.2) is 4.98 Å². The first-order valence-electron chi connectivity index (χ1n) is 8.42. The molecule has 1 fully saturated rings. The van der Waals surface area contributed by atoms with Crippen LogP contribution in [0.25, 0.3) is 22.0 Å². The number of fused-ring (bicyclic) bond motifs is 1. The van der Waals surface area contributed by atoms with Crippen LogP contribution in [-0.2, 0) is 0 Å². The maximum Gasteiger partial charge on any atom is 0.126 e. The van der Waals surface area contributed by atoms with Gasteiger partial charge in [0.05, 0.1) is 5.69 Å². The molecule has 0 aliphatic heterocycles. The Hall–Kier alpha value is -2.01. The fourth-order valence-electron chi connectivity index (χ4n) is 3.30. The number of anilines is 1. The van der Waals surface area contributed by atoms with Crippen LogP contribution in [0.15, 0.2) is 47.5 Å². The van der Waals surface area contributed by atoms with Crippen molar-refractivity contribution in [3.05, 3.63) is 47.5 Å². The molecule has 0 unspecified atom stereocenters. The van der Waals surface area contributed by atoms with Crippen LogP contribution in [0.4, 0.5) is 5.82 Å². The monoisotopic (exact) mass is 382 g/mol. The maximum atomic E-state index is 4.61. The van der Waals surface area contributed by atoms with Crippen LogP contribution < -0.4 is 5.32 Å². The van der Waals surface area contributed by atoms with Crippen molar-refractivity contribution in [2.75, 3.05) is 5.32 Å². The molecule has 122 valence electrons. The number of pyridine rings is 3. The van der Waals surface area contributed by atoms with Crippen LogP contribution in [0, 0.1) is 0 Å². The number of hydrogen-bond acceptors (Lipinski definition) is 4. The topological polar surface area (TPSA) is 50.7 Å². The van der Waals surface area contributed by atoms with E-state index in [9.17, 15) is 0 Å². The summed E-state index contributed by atoms with van der Waals surface area (Å²) in [5, 5.41) is 5.77.